The molecule has 6 aromatic rings. The van der Waals surface area contributed by atoms with E-state index in [2.05, 4.69) is 90.7 Å². The summed E-state index contributed by atoms with van der Waals surface area (Å²) in [5.74, 6) is 0. The molecule has 0 fully saturated rings. The fraction of sp³-hybridized carbons (Fsp3) is 0.125. The van der Waals surface area contributed by atoms with Gasteiger partial charge in [-0.1, -0.05) is 42.5 Å². The van der Waals surface area contributed by atoms with Gasteiger partial charge in [0, 0.05) is 16.8 Å². The van der Waals surface area contributed by atoms with Crippen LogP contribution in [0.3, 0.4) is 0 Å². The maximum absolute atomic E-state index is 2.50. The molecule has 0 amide bonds. The maximum atomic E-state index is 2.50. The average molecular weight is 335 g/mol. The first kappa shape index (κ1) is 14.1. The first-order valence-electron chi connectivity index (χ1n) is 9.12. The molecule has 0 unspecified atom stereocenters. The highest BCUT2D eigenvalue weighted by atomic mass is 15.0. The Balaban J connectivity index is 2.18. The Labute approximate surface area is 151 Å². The van der Waals surface area contributed by atoms with E-state index in [-0.39, 0.29) is 0 Å². The average Bonchev–Trinajstić information content (AvgIpc) is 2.99. The standard InChI is InChI=1S/C24H19N2/c1-14-10-11-18-17-8-4-6-15(2)22(17)26-19-9-5-7-16-12-13-25(3)24(21(16)19)20(14)23(18)26/h4-13H,1-3H3/q+1. The molecule has 2 nitrogen and oxygen atoms in total. The summed E-state index contributed by atoms with van der Waals surface area (Å²) in [6, 6.07) is 20.1. The molecule has 0 N–H and O–H groups in total. The van der Waals surface area contributed by atoms with Crippen LogP contribution >= 0.6 is 0 Å². The topological polar surface area (TPSA) is 8.29 Å². The minimum Gasteiger partial charge on any atom is -0.307 e. The molecule has 0 aliphatic carbocycles. The lowest BCUT2D eigenvalue weighted by molar-refractivity contribution is -0.643. The Hall–Kier alpha value is -3.13. The van der Waals surface area contributed by atoms with Crippen LogP contribution in [0.25, 0.3) is 49.0 Å². The van der Waals surface area contributed by atoms with Crippen molar-refractivity contribution in [3.63, 3.8) is 0 Å². The number of hydrogen-bond acceptors (Lipinski definition) is 0. The first-order chi connectivity index (χ1) is 12.7. The molecule has 6 rings (SSSR count). The molecule has 124 valence electrons. The predicted octanol–water partition coefficient (Wildman–Crippen LogP) is 5.43. The second-order valence-electron chi connectivity index (χ2n) is 7.48. The predicted molar refractivity (Wildman–Crippen MR) is 109 cm³/mol. The third-order valence-corrected chi connectivity index (χ3v) is 5.98. The van der Waals surface area contributed by atoms with Gasteiger partial charge in [-0.15, -0.1) is 0 Å². The van der Waals surface area contributed by atoms with Crippen LogP contribution < -0.4 is 4.57 Å². The van der Waals surface area contributed by atoms with Gasteiger partial charge in [0.1, 0.15) is 7.05 Å². The van der Waals surface area contributed by atoms with Crippen LogP contribution in [0.4, 0.5) is 0 Å². The van der Waals surface area contributed by atoms with E-state index in [0.717, 1.165) is 0 Å². The summed E-state index contributed by atoms with van der Waals surface area (Å²) < 4.78 is 4.78. The van der Waals surface area contributed by atoms with Crippen molar-refractivity contribution in [1.29, 1.82) is 0 Å². The van der Waals surface area contributed by atoms with Crippen LogP contribution in [-0.4, -0.2) is 4.40 Å². The molecule has 0 spiro atoms. The van der Waals surface area contributed by atoms with E-state index in [0.29, 0.717) is 0 Å². The van der Waals surface area contributed by atoms with Gasteiger partial charge in [0.15, 0.2) is 6.20 Å². The van der Waals surface area contributed by atoms with Gasteiger partial charge in [-0.2, -0.15) is 0 Å². The Morgan fingerprint density at radius 2 is 1.54 bits per heavy atom. The molecule has 0 aliphatic rings. The summed E-state index contributed by atoms with van der Waals surface area (Å²) in [4.78, 5) is 0. The summed E-state index contributed by atoms with van der Waals surface area (Å²) in [7, 11) is 2.16. The summed E-state index contributed by atoms with van der Waals surface area (Å²) in [5, 5.41) is 6.70. The Morgan fingerprint density at radius 1 is 0.731 bits per heavy atom. The monoisotopic (exact) mass is 335 g/mol. The lowest BCUT2D eigenvalue weighted by Crippen LogP contribution is -2.28. The zero-order chi connectivity index (χ0) is 17.6. The SMILES string of the molecule is Cc1ccc2c3cccc(C)c3n3c4cccc5cc[n+](C)c(c1c23)c54. The minimum absolute atomic E-state index is 1.29. The fourth-order valence-corrected chi connectivity index (χ4v) is 4.85. The molecule has 3 aromatic carbocycles. The normalized spacial score (nSPS) is 12.4. The molecule has 3 aromatic heterocycles. The number of hydrogen-bond donors (Lipinski definition) is 0. The molecule has 0 atom stereocenters. The molecule has 0 saturated carbocycles. The first-order valence-corrected chi connectivity index (χ1v) is 9.12. The van der Waals surface area contributed by atoms with Gasteiger partial charge in [-0.25, -0.2) is 4.57 Å². The number of para-hydroxylation sites is 1. The van der Waals surface area contributed by atoms with Crippen molar-refractivity contribution in [3.05, 3.63) is 71.9 Å². The van der Waals surface area contributed by atoms with Crippen LogP contribution in [0.1, 0.15) is 11.1 Å². The van der Waals surface area contributed by atoms with Crippen LogP contribution in [0.2, 0.25) is 0 Å². The van der Waals surface area contributed by atoms with Crippen molar-refractivity contribution in [3.8, 4) is 0 Å². The van der Waals surface area contributed by atoms with Gasteiger partial charge in [-0.3, -0.25) is 0 Å². The molecule has 0 radical (unpaired) electrons. The summed E-state index contributed by atoms with van der Waals surface area (Å²) in [5.41, 5.74) is 7.95. The highest BCUT2D eigenvalue weighted by molar-refractivity contribution is 6.25. The quantitative estimate of drug-likeness (QED) is 0.199. The van der Waals surface area contributed by atoms with Crippen LogP contribution in [0.5, 0.6) is 0 Å². The summed E-state index contributed by atoms with van der Waals surface area (Å²) in [6.07, 6.45) is 2.18. The molecule has 0 aliphatic heterocycles. The Bertz CT molecular complexity index is 1500. The van der Waals surface area contributed by atoms with Crippen molar-refractivity contribution < 1.29 is 4.57 Å². The van der Waals surface area contributed by atoms with E-state index in [9.17, 15) is 0 Å². The summed E-state index contributed by atoms with van der Waals surface area (Å²) in [6.45, 7) is 4.45. The number of rotatable bonds is 0. The number of aryl methyl sites for hydroxylation is 3. The maximum Gasteiger partial charge on any atom is 0.224 e. The third kappa shape index (κ3) is 1.47. The van der Waals surface area contributed by atoms with Crippen molar-refractivity contribution in [2.45, 2.75) is 13.8 Å². The third-order valence-electron chi connectivity index (χ3n) is 5.98. The van der Waals surface area contributed by atoms with E-state index in [4.69, 9.17) is 0 Å². The zero-order valence-electron chi connectivity index (χ0n) is 15.2. The minimum atomic E-state index is 1.29. The number of fused-ring (bicyclic) bond motifs is 5. The Kier molecular flexibility index (Phi) is 2.45. The fourth-order valence-electron chi connectivity index (χ4n) is 4.85. The molecule has 0 bridgehead atoms. The highest BCUT2D eigenvalue weighted by Crippen LogP contribution is 2.41. The van der Waals surface area contributed by atoms with E-state index < -0.39 is 0 Å². The lowest BCUT2D eigenvalue weighted by atomic mass is 10.00. The van der Waals surface area contributed by atoms with Crippen molar-refractivity contribution in [2.75, 3.05) is 0 Å². The molecule has 3 heterocycles. The van der Waals surface area contributed by atoms with Gasteiger partial charge < -0.3 is 4.40 Å². The van der Waals surface area contributed by atoms with E-state index in [1.165, 1.54) is 60.1 Å². The van der Waals surface area contributed by atoms with Crippen LogP contribution in [-0.2, 0) is 7.05 Å². The molecular formula is C24H19N2+. The van der Waals surface area contributed by atoms with Gasteiger partial charge in [0.25, 0.3) is 0 Å². The van der Waals surface area contributed by atoms with Crippen LogP contribution in [0.15, 0.2) is 60.8 Å². The highest BCUT2D eigenvalue weighted by Gasteiger charge is 2.23. The molecular weight excluding hydrogens is 316 g/mol. The van der Waals surface area contributed by atoms with E-state index >= 15 is 0 Å². The smallest absolute Gasteiger partial charge is 0.224 e. The van der Waals surface area contributed by atoms with Crippen molar-refractivity contribution in [2.24, 2.45) is 7.05 Å². The zero-order valence-corrected chi connectivity index (χ0v) is 15.2. The van der Waals surface area contributed by atoms with Crippen LogP contribution in [0, 0.1) is 13.8 Å². The lowest BCUT2D eigenvalue weighted by Gasteiger charge is -2.12. The number of nitrogens with zero attached hydrogens (tertiary/aromatic N) is 2. The van der Waals surface area contributed by atoms with Gasteiger partial charge in [0.05, 0.1) is 27.3 Å². The molecule has 26 heavy (non-hydrogen) atoms. The van der Waals surface area contributed by atoms with E-state index in [1.54, 1.807) is 0 Å². The molecule has 0 saturated heterocycles. The second kappa shape index (κ2) is 4.53. The number of aromatic nitrogens is 2. The van der Waals surface area contributed by atoms with Gasteiger partial charge in [-0.05, 0) is 36.4 Å². The van der Waals surface area contributed by atoms with E-state index in [1.807, 2.05) is 0 Å². The largest absolute Gasteiger partial charge is 0.307 e. The molecule has 2 heteroatoms. The van der Waals surface area contributed by atoms with Crippen molar-refractivity contribution in [1.82, 2.24) is 4.40 Å². The Morgan fingerprint density at radius 3 is 2.42 bits per heavy atom. The van der Waals surface area contributed by atoms with Crippen molar-refractivity contribution >= 4 is 49.0 Å². The van der Waals surface area contributed by atoms with Gasteiger partial charge in [0.2, 0.25) is 5.52 Å². The summed E-state index contributed by atoms with van der Waals surface area (Å²) >= 11 is 0. The van der Waals surface area contributed by atoms with Gasteiger partial charge >= 0.3 is 0 Å². The second-order valence-corrected chi connectivity index (χ2v) is 7.48. The number of benzene rings is 3. The number of pyridine rings is 2.